The second-order valence-corrected chi connectivity index (χ2v) is 4.59. The molecule has 0 heterocycles. The zero-order chi connectivity index (χ0) is 13.9. The molecule has 1 aromatic rings. The van der Waals surface area contributed by atoms with Gasteiger partial charge in [-0.15, -0.1) is 11.6 Å². The average Bonchev–Trinajstić information content (AvgIpc) is 2.29. The topological polar surface area (TPSA) is 63.6 Å². The highest BCUT2D eigenvalue weighted by atomic mass is 35.5. The minimum atomic E-state index is -1.09. The van der Waals surface area contributed by atoms with E-state index in [0.717, 1.165) is 11.1 Å². The number of benzene rings is 1. The maximum absolute atomic E-state index is 12.0. The molecule has 98 valence electrons. The van der Waals surface area contributed by atoms with Gasteiger partial charge in [0.15, 0.2) is 5.78 Å². The first-order chi connectivity index (χ1) is 8.36. The number of carboxylic acids is 1. The van der Waals surface area contributed by atoms with Crippen LogP contribution in [-0.4, -0.2) is 29.3 Å². The van der Waals surface area contributed by atoms with E-state index in [0.29, 0.717) is 11.3 Å². The number of carbonyl (C=O) groups excluding carboxylic acids is 1. The molecule has 0 aromatic heterocycles. The third kappa shape index (κ3) is 3.23. The highest BCUT2D eigenvalue weighted by Gasteiger charge is 2.22. The Morgan fingerprint density at radius 1 is 1.33 bits per heavy atom. The van der Waals surface area contributed by atoms with Crippen molar-refractivity contribution in [1.29, 1.82) is 0 Å². The van der Waals surface area contributed by atoms with Gasteiger partial charge in [-0.2, -0.15) is 0 Å². The standard InChI is InChI=1S/C13H15ClO4/c1-7-5-11(18-3)8(2)4-9(7)13(17)10(14)6-12(15)16/h4-5,10H,6H2,1-3H3,(H,15,16). The van der Waals surface area contributed by atoms with Gasteiger partial charge in [-0.05, 0) is 37.1 Å². The van der Waals surface area contributed by atoms with Crippen molar-refractivity contribution in [3.63, 3.8) is 0 Å². The lowest BCUT2D eigenvalue weighted by molar-refractivity contribution is -0.136. The van der Waals surface area contributed by atoms with Crippen LogP contribution in [0, 0.1) is 13.8 Å². The molecular weight excluding hydrogens is 256 g/mol. The van der Waals surface area contributed by atoms with Gasteiger partial charge in [0.1, 0.15) is 11.1 Å². The molecule has 0 fully saturated rings. The molecule has 0 radical (unpaired) electrons. The lowest BCUT2D eigenvalue weighted by Crippen LogP contribution is -2.19. The quantitative estimate of drug-likeness (QED) is 0.660. The van der Waals surface area contributed by atoms with Crippen molar-refractivity contribution in [2.75, 3.05) is 7.11 Å². The normalized spacial score (nSPS) is 12.0. The van der Waals surface area contributed by atoms with E-state index < -0.39 is 11.3 Å². The van der Waals surface area contributed by atoms with Gasteiger partial charge in [0.25, 0.3) is 0 Å². The fourth-order valence-electron chi connectivity index (χ4n) is 1.69. The number of aryl methyl sites for hydroxylation is 2. The Balaban J connectivity index is 3.06. The van der Waals surface area contributed by atoms with E-state index in [1.54, 1.807) is 26.2 Å². The van der Waals surface area contributed by atoms with Crippen molar-refractivity contribution in [1.82, 2.24) is 0 Å². The number of Topliss-reactive ketones (excluding diaryl/α,β-unsaturated/α-hetero) is 1. The molecular formula is C13H15ClO4. The van der Waals surface area contributed by atoms with Crippen molar-refractivity contribution in [3.05, 3.63) is 28.8 Å². The predicted molar refractivity (Wildman–Crippen MR) is 68.7 cm³/mol. The Morgan fingerprint density at radius 2 is 1.94 bits per heavy atom. The van der Waals surface area contributed by atoms with Crippen LogP contribution in [0.25, 0.3) is 0 Å². The van der Waals surface area contributed by atoms with Crippen LogP contribution in [-0.2, 0) is 4.79 Å². The summed E-state index contributed by atoms with van der Waals surface area (Å²) >= 11 is 5.80. The summed E-state index contributed by atoms with van der Waals surface area (Å²) in [5, 5.41) is 7.58. The van der Waals surface area contributed by atoms with Crippen LogP contribution in [0.15, 0.2) is 12.1 Å². The first-order valence-corrected chi connectivity index (χ1v) is 5.85. The van der Waals surface area contributed by atoms with E-state index in [9.17, 15) is 9.59 Å². The van der Waals surface area contributed by atoms with Crippen LogP contribution >= 0.6 is 11.6 Å². The zero-order valence-corrected chi connectivity index (χ0v) is 11.2. The van der Waals surface area contributed by atoms with Crippen LogP contribution in [0.5, 0.6) is 5.75 Å². The second kappa shape index (κ2) is 5.87. The summed E-state index contributed by atoms with van der Waals surface area (Å²) < 4.78 is 5.15. The summed E-state index contributed by atoms with van der Waals surface area (Å²) in [6, 6.07) is 3.42. The summed E-state index contributed by atoms with van der Waals surface area (Å²) in [5.74, 6) is -0.776. The Bertz CT molecular complexity index is 482. The third-order valence-corrected chi connectivity index (χ3v) is 3.00. The molecule has 1 atom stereocenters. The maximum Gasteiger partial charge on any atom is 0.305 e. The number of hydrogen-bond acceptors (Lipinski definition) is 3. The number of methoxy groups -OCH3 is 1. The number of carbonyl (C=O) groups is 2. The van der Waals surface area contributed by atoms with Gasteiger partial charge in [-0.3, -0.25) is 9.59 Å². The van der Waals surface area contributed by atoms with Gasteiger partial charge in [0.2, 0.25) is 0 Å². The first kappa shape index (κ1) is 14.5. The fourth-order valence-corrected chi connectivity index (χ4v) is 1.94. The highest BCUT2D eigenvalue weighted by molar-refractivity contribution is 6.35. The maximum atomic E-state index is 12.0. The van der Waals surface area contributed by atoms with Crippen LogP contribution in [0.3, 0.4) is 0 Å². The van der Waals surface area contributed by atoms with E-state index >= 15 is 0 Å². The van der Waals surface area contributed by atoms with Crippen LogP contribution < -0.4 is 4.74 Å². The molecule has 0 saturated carbocycles. The van der Waals surface area contributed by atoms with Crippen molar-refractivity contribution in [2.45, 2.75) is 25.6 Å². The van der Waals surface area contributed by atoms with Gasteiger partial charge in [0, 0.05) is 5.56 Å². The Morgan fingerprint density at radius 3 is 2.44 bits per heavy atom. The Hall–Kier alpha value is -1.55. The van der Waals surface area contributed by atoms with Gasteiger partial charge in [-0.25, -0.2) is 0 Å². The largest absolute Gasteiger partial charge is 0.496 e. The molecule has 0 aliphatic rings. The van der Waals surface area contributed by atoms with Crippen LogP contribution in [0.4, 0.5) is 0 Å². The van der Waals surface area contributed by atoms with Crippen molar-refractivity contribution in [3.8, 4) is 5.75 Å². The minimum absolute atomic E-state index is 0.373. The summed E-state index contributed by atoms with van der Waals surface area (Å²) in [6.07, 6.45) is -0.384. The molecule has 0 bridgehead atoms. The number of carboxylic acid groups (broad SMARTS) is 1. The number of halogens is 1. The van der Waals surface area contributed by atoms with Gasteiger partial charge in [-0.1, -0.05) is 0 Å². The van der Waals surface area contributed by atoms with Gasteiger partial charge >= 0.3 is 5.97 Å². The molecule has 0 amide bonds. The Labute approximate surface area is 111 Å². The third-order valence-electron chi connectivity index (χ3n) is 2.65. The van der Waals surface area contributed by atoms with Crippen LogP contribution in [0.1, 0.15) is 27.9 Å². The van der Waals surface area contributed by atoms with Crippen molar-refractivity contribution in [2.24, 2.45) is 0 Å². The molecule has 5 heteroatoms. The molecule has 0 saturated heterocycles. The summed E-state index contributed by atoms with van der Waals surface area (Å²) in [5.41, 5.74) is 1.97. The lowest BCUT2D eigenvalue weighted by atomic mass is 9.98. The lowest BCUT2D eigenvalue weighted by Gasteiger charge is -2.12. The molecule has 0 spiro atoms. The smallest absolute Gasteiger partial charge is 0.305 e. The number of aliphatic carboxylic acids is 1. The number of rotatable bonds is 5. The van der Waals surface area contributed by atoms with Crippen molar-refractivity contribution < 1.29 is 19.4 Å². The summed E-state index contributed by atoms with van der Waals surface area (Å²) in [6.45, 7) is 3.58. The fraction of sp³-hybridized carbons (Fsp3) is 0.385. The number of alkyl halides is 1. The van der Waals surface area contributed by atoms with E-state index in [-0.39, 0.29) is 12.2 Å². The van der Waals surface area contributed by atoms with Crippen molar-refractivity contribution >= 4 is 23.4 Å². The molecule has 0 aliphatic heterocycles. The monoisotopic (exact) mass is 270 g/mol. The molecule has 4 nitrogen and oxygen atoms in total. The SMILES string of the molecule is COc1cc(C)c(C(=O)C(Cl)CC(=O)O)cc1C. The molecule has 1 rings (SSSR count). The van der Waals surface area contributed by atoms with E-state index in [2.05, 4.69) is 0 Å². The molecule has 1 aromatic carbocycles. The van der Waals surface area contributed by atoms with E-state index in [4.69, 9.17) is 21.4 Å². The second-order valence-electron chi connectivity index (χ2n) is 4.07. The number of ketones is 1. The van der Waals surface area contributed by atoms with Gasteiger partial charge in [0.05, 0.1) is 13.5 Å². The zero-order valence-electron chi connectivity index (χ0n) is 10.5. The average molecular weight is 271 g/mol. The summed E-state index contributed by atoms with van der Waals surface area (Å²) in [7, 11) is 1.55. The molecule has 0 aliphatic carbocycles. The molecule has 18 heavy (non-hydrogen) atoms. The number of ether oxygens (including phenoxy) is 1. The highest BCUT2D eigenvalue weighted by Crippen LogP contribution is 2.24. The molecule has 1 N–H and O–H groups in total. The predicted octanol–water partition coefficient (Wildman–Crippen LogP) is 2.58. The minimum Gasteiger partial charge on any atom is -0.496 e. The van der Waals surface area contributed by atoms with Gasteiger partial charge < -0.3 is 9.84 Å². The van der Waals surface area contributed by atoms with E-state index in [1.165, 1.54) is 0 Å². The van der Waals surface area contributed by atoms with E-state index in [1.807, 2.05) is 6.92 Å². The Kier molecular flexibility index (Phi) is 4.73. The van der Waals surface area contributed by atoms with Crippen LogP contribution in [0.2, 0.25) is 0 Å². The summed E-state index contributed by atoms with van der Waals surface area (Å²) in [4.78, 5) is 22.6. The first-order valence-electron chi connectivity index (χ1n) is 5.42. The number of hydrogen-bond donors (Lipinski definition) is 1. The molecule has 1 unspecified atom stereocenters.